The Morgan fingerprint density at radius 2 is 2.62 bits per heavy atom. The van der Waals surface area contributed by atoms with Crippen LogP contribution < -0.4 is 11.1 Å². The topological polar surface area (TPSA) is 78.9 Å². The minimum Gasteiger partial charge on any atom is -0.341 e. The van der Waals surface area contributed by atoms with E-state index < -0.39 is 6.04 Å². The number of hydrogen-bond donors (Lipinski definition) is 2. The molecule has 0 aromatic carbocycles. The summed E-state index contributed by atoms with van der Waals surface area (Å²) in [6.07, 6.45) is 0. The lowest BCUT2D eigenvalue weighted by Crippen LogP contribution is -2.33. The van der Waals surface area contributed by atoms with Crippen LogP contribution in [0.3, 0.4) is 0 Å². The van der Waals surface area contributed by atoms with Gasteiger partial charge in [0.05, 0.1) is 6.07 Å². The smallest absolute Gasteiger partial charge is 0.243 e. The van der Waals surface area contributed by atoms with Crippen molar-refractivity contribution in [2.24, 2.45) is 5.73 Å². The number of rotatable bonds is 3. The molecule has 3 N–H and O–H groups in total. The second-order valence-electron chi connectivity index (χ2n) is 2.37. The first kappa shape index (κ1) is 9.71. The average Bonchev–Trinajstić information content (AvgIpc) is 2.65. The molecular weight excluding hydrogens is 186 g/mol. The highest BCUT2D eigenvalue weighted by Gasteiger charge is 2.15. The monoisotopic (exact) mass is 195 g/mol. The van der Waals surface area contributed by atoms with E-state index in [-0.39, 0.29) is 12.5 Å². The Balaban J connectivity index is 2.54. The van der Waals surface area contributed by atoms with Crippen molar-refractivity contribution in [1.29, 1.82) is 5.26 Å². The molecule has 5 heteroatoms. The molecule has 13 heavy (non-hydrogen) atoms. The maximum Gasteiger partial charge on any atom is 0.243 e. The standard InChI is InChI=1S/C8H9N3OS/c9-3-4-11-8(12)7(10)6-2-1-5-13-6/h1-2,5,7H,4,10H2,(H,11,12). The van der Waals surface area contributed by atoms with Crippen LogP contribution >= 0.6 is 11.3 Å². The number of amides is 1. The van der Waals surface area contributed by atoms with E-state index in [1.165, 1.54) is 11.3 Å². The zero-order chi connectivity index (χ0) is 9.68. The first-order chi connectivity index (χ1) is 6.25. The number of nitrogens with one attached hydrogen (secondary N) is 1. The van der Waals surface area contributed by atoms with Gasteiger partial charge in [-0.25, -0.2) is 0 Å². The number of carbonyl (C=O) groups is 1. The lowest BCUT2D eigenvalue weighted by molar-refractivity contribution is -0.122. The normalized spacial score (nSPS) is 11.7. The lowest BCUT2D eigenvalue weighted by atomic mass is 10.2. The molecule has 0 radical (unpaired) electrons. The van der Waals surface area contributed by atoms with Gasteiger partial charge in [-0.15, -0.1) is 11.3 Å². The molecule has 1 heterocycles. The average molecular weight is 195 g/mol. The Labute approximate surface area is 80.0 Å². The second kappa shape index (κ2) is 4.60. The highest BCUT2D eigenvalue weighted by atomic mass is 32.1. The third-order valence-electron chi connectivity index (χ3n) is 1.47. The van der Waals surface area contributed by atoms with Crippen molar-refractivity contribution < 1.29 is 4.79 Å². The van der Waals surface area contributed by atoms with Crippen LogP contribution in [0.5, 0.6) is 0 Å². The SMILES string of the molecule is N#CCNC(=O)C(N)c1cccs1. The summed E-state index contributed by atoms with van der Waals surface area (Å²) in [5.74, 6) is -0.316. The van der Waals surface area contributed by atoms with Gasteiger partial charge in [0, 0.05) is 4.88 Å². The number of carbonyl (C=O) groups excluding carboxylic acids is 1. The van der Waals surface area contributed by atoms with Gasteiger partial charge in [-0.3, -0.25) is 4.79 Å². The number of nitriles is 1. The molecule has 1 aromatic heterocycles. The van der Waals surface area contributed by atoms with Crippen LogP contribution in [0.1, 0.15) is 10.9 Å². The fraction of sp³-hybridized carbons (Fsp3) is 0.250. The molecule has 0 saturated heterocycles. The molecule has 0 spiro atoms. The van der Waals surface area contributed by atoms with E-state index in [1.807, 2.05) is 17.5 Å². The van der Waals surface area contributed by atoms with Crippen molar-refractivity contribution in [2.45, 2.75) is 6.04 Å². The van der Waals surface area contributed by atoms with Crippen molar-refractivity contribution in [3.63, 3.8) is 0 Å². The quantitative estimate of drug-likeness (QED) is 0.685. The third-order valence-corrected chi connectivity index (χ3v) is 2.43. The predicted molar refractivity (Wildman–Crippen MR) is 49.9 cm³/mol. The maximum atomic E-state index is 11.2. The zero-order valence-electron chi connectivity index (χ0n) is 6.86. The van der Waals surface area contributed by atoms with E-state index >= 15 is 0 Å². The van der Waals surface area contributed by atoms with Crippen LogP contribution in [-0.2, 0) is 4.79 Å². The summed E-state index contributed by atoms with van der Waals surface area (Å²) in [5, 5.41) is 12.5. The van der Waals surface area contributed by atoms with Crippen molar-refractivity contribution in [2.75, 3.05) is 6.54 Å². The van der Waals surface area contributed by atoms with Gasteiger partial charge in [0.1, 0.15) is 12.6 Å². The maximum absolute atomic E-state index is 11.2. The van der Waals surface area contributed by atoms with Crippen LogP contribution in [0.15, 0.2) is 17.5 Å². The summed E-state index contributed by atoms with van der Waals surface area (Å²) in [7, 11) is 0. The molecule has 0 aliphatic heterocycles. The minimum atomic E-state index is -0.659. The largest absolute Gasteiger partial charge is 0.341 e. The van der Waals surface area contributed by atoms with Gasteiger partial charge in [0.15, 0.2) is 0 Å². The molecule has 1 aromatic rings. The minimum absolute atomic E-state index is 0.00207. The fourth-order valence-electron chi connectivity index (χ4n) is 0.834. The molecule has 0 aliphatic rings. The van der Waals surface area contributed by atoms with Crippen LogP contribution in [0, 0.1) is 11.3 Å². The molecule has 4 nitrogen and oxygen atoms in total. The molecule has 1 rings (SSSR count). The van der Waals surface area contributed by atoms with Crippen LogP contribution in [0.25, 0.3) is 0 Å². The Morgan fingerprint density at radius 3 is 3.15 bits per heavy atom. The Bertz CT molecular complexity index is 315. The van der Waals surface area contributed by atoms with Gasteiger partial charge in [0.25, 0.3) is 0 Å². The first-order valence-electron chi connectivity index (χ1n) is 3.69. The van der Waals surface area contributed by atoms with E-state index in [0.29, 0.717) is 0 Å². The molecule has 0 fully saturated rings. The van der Waals surface area contributed by atoms with E-state index in [0.717, 1.165) is 4.88 Å². The van der Waals surface area contributed by atoms with E-state index in [2.05, 4.69) is 5.32 Å². The molecule has 1 amide bonds. The first-order valence-corrected chi connectivity index (χ1v) is 4.57. The molecule has 1 atom stereocenters. The summed E-state index contributed by atoms with van der Waals surface area (Å²) in [5.41, 5.74) is 5.61. The Kier molecular flexibility index (Phi) is 3.43. The summed E-state index contributed by atoms with van der Waals surface area (Å²) >= 11 is 1.42. The van der Waals surface area contributed by atoms with E-state index in [1.54, 1.807) is 6.07 Å². The van der Waals surface area contributed by atoms with E-state index in [4.69, 9.17) is 11.0 Å². The molecule has 0 aliphatic carbocycles. The number of nitrogens with zero attached hydrogens (tertiary/aromatic N) is 1. The van der Waals surface area contributed by atoms with Gasteiger partial charge in [-0.2, -0.15) is 5.26 Å². The summed E-state index contributed by atoms with van der Waals surface area (Å²) in [4.78, 5) is 12.0. The lowest BCUT2D eigenvalue weighted by Gasteiger charge is -2.07. The number of thiophene rings is 1. The fourth-order valence-corrected chi connectivity index (χ4v) is 1.56. The van der Waals surface area contributed by atoms with Crippen molar-refractivity contribution in [3.05, 3.63) is 22.4 Å². The molecule has 0 bridgehead atoms. The van der Waals surface area contributed by atoms with Gasteiger partial charge in [-0.1, -0.05) is 6.07 Å². The molecular formula is C8H9N3OS. The highest BCUT2D eigenvalue weighted by molar-refractivity contribution is 7.10. The second-order valence-corrected chi connectivity index (χ2v) is 3.35. The summed E-state index contributed by atoms with van der Waals surface area (Å²) < 4.78 is 0. The van der Waals surface area contributed by atoms with Crippen molar-refractivity contribution >= 4 is 17.2 Å². The number of nitrogens with two attached hydrogens (primary N) is 1. The zero-order valence-corrected chi connectivity index (χ0v) is 7.67. The highest BCUT2D eigenvalue weighted by Crippen LogP contribution is 2.16. The number of hydrogen-bond acceptors (Lipinski definition) is 4. The van der Waals surface area contributed by atoms with Gasteiger partial charge >= 0.3 is 0 Å². The summed E-state index contributed by atoms with van der Waals surface area (Å²) in [6.45, 7) is -0.00207. The van der Waals surface area contributed by atoms with Crippen LogP contribution in [0.2, 0.25) is 0 Å². The molecule has 1 unspecified atom stereocenters. The Hall–Kier alpha value is -1.38. The van der Waals surface area contributed by atoms with Crippen molar-refractivity contribution in [3.8, 4) is 6.07 Å². The van der Waals surface area contributed by atoms with E-state index in [9.17, 15) is 4.79 Å². The molecule has 0 saturated carbocycles. The van der Waals surface area contributed by atoms with Gasteiger partial charge < -0.3 is 11.1 Å². The molecule has 68 valence electrons. The van der Waals surface area contributed by atoms with Crippen LogP contribution in [-0.4, -0.2) is 12.5 Å². The van der Waals surface area contributed by atoms with Crippen LogP contribution in [0.4, 0.5) is 0 Å². The third kappa shape index (κ3) is 2.54. The summed E-state index contributed by atoms with van der Waals surface area (Å²) in [6, 6.07) is 4.78. The Morgan fingerprint density at radius 1 is 1.85 bits per heavy atom. The van der Waals surface area contributed by atoms with Gasteiger partial charge in [-0.05, 0) is 11.4 Å². The predicted octanol–water partition coefficient (Wildman–Crippen LogP) is 0.388. The van der Waals surface area contributed by atoms with Gasteiger partial charge in [0.2, 0.25) is 5.91 Å². The van der Waals surface area contributed by atoms with Crippen molar-refractivity contribution in [1.82, 2.24) is 5.32 Å².